The maximum Gasteiger partial charge on any atom is 0.208 e. The molecule has 2 rings (SSSR count). The molecule has 0 atom stereocenters. The largest absolute Gasteiger partial charge is 0.369 e. The van der Waals surface area contributed by atoms with Gasteiger partial charge in [0, 0.05) is 13.1 Å². The molecule has 0 aliphatic heterocycles. The van der Waals surface area contributed by atoms with Gasteiger partial charge in [-0.05, 0) is 18.6 Å². The highest BCUT2D eigenvalue weighted by molar-refractivity contribution is 7.88. The van der Waals surface area contributed by atoms with E-state index in [0.29, 0.717) is 25.0 Å². The van der Waals surface area contributed by atoms with Gasteiger partial charge in [0.15, 0.2) is 5.82 Å². The Labute approximate surface area is 110 Å². The zero-order chi connectivity index (χ0) is 14.0. The molecule has 0 bridgehead atoms. The maximum absolute atomic E-state index is 13.5. The van der Waals surface area contributed by atoms with Crippen LogP contribution in [0, 0.1) is 5.82 Å². The number of nitrogen functional groups attached to an aromatic ring is 1. The van der Waals surface area contributed by atoms with Crippen molar-refractivity contribution >= 4 is 27.0 Å². The van der Waals surface area contributed by atoms with Gasteiger partial charge in [-0.2, -0.15) is 0 Å². The number of benzene rings is 1. The van der Waals surface area contributed by atoms with Crippen LogP contribution in [0.4, 0.5) is 10.3 Å². The molecule has 1 aromatic carbocycles. The number of aryl methyl sites for hydroxylation is 1. The van der Waals surface area contributed by atoms with Crippen molar-refractivity contribution in [1.82, 2.24) is 14.3 Å². The summed E-state index contributed by atoms with van der Waals surface area (Å²) in [5.74, 6) is -0.198. The zero-order valence-corrected chi connectivity index (χ0v) is 11.2. The van der Waals surface area contributed by atoms with Crippen molar-refractivity contribution in [2.45, 2.75) is 13.0 Å². The minimum Gasteiger partial charge on any atom is -0.369 e. The molecule has 19 heavy (non-hydrogen) atoms. The lowest BCUT2D eigenvalue weighted by atomic mass is 10.3. The van der Waals surface area contributed by atoms with Crippen molar-refractivity contribution in [2.75, 3.05) is 18.5 Å². The Balaban J connectivity index is 2.13. The first kappa shape index (κ1) is 13.8. The summed E-state index contributed by atoms with van der Waals surface area (Å²) in [5, 5.41) is 0. The molecular formula is C11H15FN4O2S. The maximum atomic E-state index is 13.5. The second kappa shape index (κ2) is 5.14. The van der Waals surface area contributed by atoms with Crippen LogP contribution in [-0.2, 0) is 16.6 Å². The predicted molar refractivity (Wildman–Crippen MR) is 71.6 cm³/mol. The van der Waals surface area contributed by atoms with Crippen LogP contribution in [-0.4, -0.2) is 30.8 Å². The van der Waals surface area contributed by atoms with E-state index >= 15 is 0 Å². The number of nitrogens with zero attached hydrogens (tertiary/aromatic N) is 2. The Morgan fingerprint density at radius 1 is 1.47 bits per heavy atom. The Morgan fingerprint density at radius 3 is 2.89 bits per heavy atom. The van der Waals surface area contributed by atoms with Crippen molar-refractivity contribution in [3.63, 3.8) is 0 Å². The molecule has 0 aliphatic carbocycles. The summed E-state index contributed by atoms with van der Waals surface area (Å²) in [6.07, 6.45) is 1.64. The highest BCUT2D eigenvalue weighted by atomic mass is 32.2. The molecule has 1 heterocycles. The van der Waals surface area contributed by atoms with E-state index in [1.165, 1.54) is 6.07 Å². The molecule has 0 aliphatic rings. The minimum atomic E-state index is -3.19. The third kappa shape index (κ3) is 3.21. The quantitative estimate of drug-likeness (QED) is 0.792. The molecule has 0 unspecified atom stereocenters. The van der Waals surface area contributed by atoms with E-state index in [2.05, 4.69) is 9.71 Å². The number of halogens is 1. The highest BCUT2D eigenvalue weighted by Gasteiger charge is 2.11. The van der Waals surface area contributed by atoms with Crippen molar-refractivity contribution in [3.05, 3.63) is 24.0 Å². The van der Waals surface area contributed by atoms with Crippen LogP contribution < -0.4 is 10.5 Å². The van der Waals surface area contributed by atoms with Gasteiger partial charge in [-0.3, -0.25) is 0 Å². The summed E-state index contributed by atoms with van der Waals surface area (Å²) < 4.78 is 39.4. The van der Waals surface area contributed by atoms with Crippen LogP contribution in [0.1, 0.15) is 6.42 Å². The van der Waals surface area contributed by atoms with E-state index in [-0.39, 0.29) is 11.5 Å². The van der Waals surface area contributed by atoms with Crippen LogP contribution >= 0.6 is 0 Å². The van der Waals surface area contributed by atoms with E-state index in [0.717, 1.165) is 6.26 Å². The van der Waals surface area contributed by atoms with E-state index in [9.17, 15) is 12.8 Å². The number of hydrogen-bond acceptors (Lipinski definition) is 4. The Hall–Kier alpha value is -1.67. The SMILES string of the molecule is CS(=O)(=O)NCCCn1c(N)nc2c(F)cccc21. The summed E-state index contributed by atoms with van der Waals surface area (Å²) in [4.78, 5) is 3.97. The molecule has 0 saturated carbocycles. The molecule has 1 aromatic heterocycles. The number of para-hydroxylation sites is 1. The molecule has 0 spiro atoms. The number of nitrogens with one attached hydrogen (secondary N) is 1. The molecule has 8 heteroatoms. The van der Waals surface area contributed by atoms with Gasteiger partial charge < -0.3 is 10.3 Å². The van der Waals surface area contributed by atoms with Crippen LogP contribution in [0.25, 0.3) is 11.0 Å². The second-order valence-electron chi connectivity index (χ2n) is 4.25. The fourth-order valence-electron chi connectivity index (χ4n) is 1.86. The summed E-state index contributed by atoms with van der Waals surface area (Å²) in [6, 6.07) is 4.64. The summed E-state index contributed by atoms with van der Waals surface area (Å²) >= 11 is 0. The number of anilines is 1. The number of hydrogen-bond donors (Lipinski definition) is 2. The van der Waals surface area contributed by atoms with Crippen LogP contribution in [0.15, 0.2) is 18.2 Å². The lowest BCUT2D eigenvalue weighted by Crippen LogP contribution is -2.24. The fraction of sp³-hybridized carbons (Fsp3) is 0.364. The molecule has 0 fully saturated rings. The normalized spacial score (nSPS) is 12.1. The van der Waals surface area contributed by atoms with Crippen LogP contribution in [0.3, 0.4) is 0 Å². The lowest BCUT2D eigenvalue weighted by molar-refractivity contribution is 0.578. The van der Waals surface area contributed by atoms with Crippen molar-refractivity contribution < 1.29 is 12.8 Å². The van der Waals surface area contributed by atoms with E-state index in [1.807, 2.05) is 0 Å². The van der Waals surface area contributed by atoms with E-state index < -0.39 is 15.8 Å². The molecular weight excluding hydrogens is 271 g/mol. The van der Waals surface area contributed by atoms with Gasteiger partial charge in [0.25, 0.3) is 0 Å². The summed E-state index contributed by atoms with van der Waals surface area (Å²) in [5.41, 5.74) is 6.58. The van der Waals surface area contributed by atoms with Crippen molar-refractivity contribution in [2.24, 2.45) is 0 Å². The van der Waals surface area contributed by atoms with E-state index in [1.54, 1.807) is 16.7 Å². The van der Waals surface area contributed by atoms with Gasteiger partial charge in [-0.15, -0.1) is 0 Å². The average molecular weight is 286 g/mol. The molecule has 0 amide bonds. The van der Waals surface area contributed by atoms with Gasteiger partial charge in [-0.25, -0.2) is 22.5 Å². The molecule has 3 N–H and O–H groups in total. The predicted octanol–water partition coefficient (Wildman–Crippen LogP) is 0.697. The highest BCUT2D eigenvalue weighted by Crippen LogP contribution is 2.20. The first-order valence-corrected chi connectivity index (χ1v) is 7.62. The monoisotopic (exact) mass is 286 g/mol. The minimum absolute atomic E-state index is 0.222. The first-order valence-electron chi connectivity index (χ1n) is 5.73. The molecule has 0 radical (unpaired) electrons. The van der Waals surface area contributed by atoms with Crippen molar-refractivity contribution in [3.8, 4) is 0 Å². The third-order valence-corrected chi connectivity index (χ3v) is 3.41. The second-order valence-corrected chi connectivity index (χ2v) is 6.08. The lowest BCUT2D eigenvalue weighted by Gasteiger charge is -2.06. The van der Waals surface area contributed by atoms with Gasteiger partial charge in [0.05, 0.1) is 11.8 Å². The third-order valence-electron chi connectivity index (χ3n) is 2.68. The number of rotatable bonds is 5. The topological polar surface area (TPSA) is 90.0 Å². The number of sulfonamides is 1. The average Bonchev–Trinajstić information content (AvgIpc) is 2.62. The number of imidazole rings is 1. The molecule has 104 valence electrons. The molecule has 6 nitrogen and oxygen atoms in total. The van der Waals surface area contributed by atoms with Crippen LogP contribution in [0.5, 0.6) is 0 Å². The standard InChI is InChI=1S/C11H15FN4O2S/c1-19(17,18)14-6-3-7-16-9-5-2-4-8(12)10(9)15-11(16)13/h2,4-5,14H,3,6-7H2,1H3,(H2,13,15). The zero-order valence-electron chi connectivity index (χ0n) is 10.4. The first-order chi connectivity index (χ1) is 8.88. The van der Waals surface area contributed by atoms with Gasteiger partial charge in [-0.1, -0.05) is 6.07 Å². The number of fused-ring (bicyclic) bond motifs is 1. The Morgan fingerprint density at radius 2 is 2.21 bits per heavy atom. The summed E-state index contributed by atoms with van der Waals surface area (Å²) in [6.45, 7) is 0.765. The van der Waals surface area contributed by atoms with Crippen LogP contribution in [0.2, 0.25) is 0 Å². The van der Waals surface area contributed by atoms with E-state index in [4.69, 9.17) is 5.73 Å². The Bertz CT molecular complexity index is 696. The van der Waals surface area contributed by atoms with Gasteiger partial charge in [0.1, 0.15) is 5.52 Å². The molecule has 2 aromatic rings. The summed E-state index contributed by atoms with van der Waals surface area (Å²) in [7, 11) is -3.19. The molecule has 0 saturated heterocycles. The smallest absolute Gasteiger partial charge is 0.208 e. The van der Waals surface area contributed by atoms with Crippen molar-refractivity contribution in [1.29, 1.82) is 0 Å². The van der Waals surface area contributed by atoms with Gasteiger partial charge in [0.2, 0.25) is 16.0 Å². The Kier molecular flexibility index (Phi) is 3.72. The number of nitrogens with two attached hydrogens (primary N) is 1. The van der Waals surface area contributed by atoms with Gasteiger partial charge >= 0.3 is 0 Å². The fourth-order valence-corrected chi connectivity index (χ4v) is 2.38. The number of aromatic nitrogens is 2.